The summed E-state index contributed by atoms with van der Waals surface area (Å²) in [6.45, 7) is 3.45. The quantitative estimate of drug-likeness (QED) is 0.843. The average Bonchev–Trinajstić information content (AvgIpc) is 3.02. The van der Waals surface area contributed by atoms with Crippen LogP contribution in [0, 0.1) is 0 Å². The second-order valence-corrected chi connectivity index (χ2v) is 5.51. The second-order valence-electron chi connectivity index (χ2n) is 5.51. The number of hydrogen-bond donors (Lipinski definition) is 1. The van der Waals surface area contributed by atoms with Gasteiger partial charge in [0.05, 0.1) is 6.42 Å². The summed E-state index contributed by atoms with van der Waals surface area (Å²) < 4.78 is 10.7. The lowest BCUT2D eigenvalue weighted by molar-refractivity contribution is -0.130. The minimum atomic E-state index is 0. The molecule has 0 saturated heterocycles. The van der Waals surface area contributed by atoms with Gasteiger partial charge in [0, 0.05) is 18.8 Å². The number of ether oxygens (including phenoxy) is 2. The third kappa shape index (κ3) is 4.11. The van der Waals surface area contributed by atoms with Crippen molar-refractivity contribution >= 4 is 24.0 Å². The van der Waals surface area contributed by atoms with E-state index in [4.69, 9.17) is 15.2 Å². The Balaban J connectivity index is 0.00000208. The summed E-state index contributed by atoms with van der Waals surface area (Å²) in [6, 6.07) is 13.2. The van der Waals surface area contributed by atoms with Crippen LogP contribution in [0.15, 0.2) is 42.5 Å². The summed E-state index contributed by atoms with van der Waals surface area (Å²) in [5.41, 5.74) is 8.37. The highest BCUT2D eigenvalue weighted by Crippen LogP contribution is 2.32. The number of likely N-dealkylation sites (N-methyl/N-ethyl adjacent to an activating group) is 1. The van der Waals surface area contributed by atoms with Crippen molar-refractivity contribution < 1.29 is 14.3 Å². The first-order valence-corrected chi connectivity index (χ1v) is 7.66. The van der Waals surface area contributed by atoms with Gasteiger partial charge in [0.1, 0.15) is 0 Å². The number of nitrogens with two attached hydrogens (primary N) is 1. The monoisotopic (exact) mass is 348 g/mol. The number of nitrogen functional groups attached to an aromatic ring is 1. The van der Waals surface area contributed by atoms with E-state index in [-0.39, 0.29) is 25.1 Å². The lowest BCUT2D eigenvalue weighted by Crippen LogP contribution is -2.31. The fraction of sp³-hybridized carbons (Fsp3) is 0.278. The van der Waals surface area contributed by atoms with Gasteiger partial charge >= 0.3 is 0 Å². The third-order valence-electron chi connectivity index (χ3n) is 3.88. The molecule has 2 aromatic carbocycles. The van der Waals surface area contributed by atoms with E-state index in [0.717, 1.165) is 22.6 Å². The molecule has 128 valence electrons. The van der Waals surface area contributed by atoms with Crippen molar-refractivity contribution in [3.8, 4) is 11.5 Å². The van der Waals surface area contributed by atoms with Gasteiger partial charge in [0.25, 0.3) is 0 Å². The van der Waals surface area contributed by atoms with Crippen LogP contribution >= 0.6 is 12.4 Å². The van der Waals surface area contributed by atoms with Crippen LogP contribution in [0.5, 0.6) is 11.5 Å². The predicted molar refractivity (Wildman–Crippen MR) is 95.5 cm³/mol. The number of carbonyl (C=O) groups excluding carboxylic acids is 1. The molecule has 0 radical (unpaired) electrons. The number of rotatable bonds is 5. The molecular formula is C18H21ClN2O3. The fourth-order valence-electron chi connectivity index (χ4n) is 2.56. The number of nitrogens with zero attached hydrogens (tertiary/aromatic N) is 1. The molecule has 1 heterocycles. The van der Waals surface area contributed by atoms with Crippen LogP contribution in [0.1, 0.15) is 18.1 Å². The molecule has 0 spiro atoms. The molecule has 1 aliphatic rings. The maximum Gasteiger partial charge on any atom is 0.231 e. The Bertz CT molecular complexity index is 704. The van der Waals surface area contributed by atoms with Gasteiger partial charge in [-0.3, -0.25) is 4.79 Å². The number of halogens is 1. The van der Waals surface area contributed by atoms with Gasteiger partial charge in [-0.1, -0.05) is 18.2 Å². The zero-order chi connectivity index (χ0) is 16.2. The van der Waals surface area contributed by atoms with Crippen molar-refractivity contribution in [3.05, 3.63) is 53.6 Å². The fourth-order valence-corrected chi connectivity index (χ4v) is 2.56. The van der Waals surface area contributed by atoms with Crippen LogP contribution < -0.4 is 15.2 Å². The van der Waals surface area contributed by atoms with Gasteiger partial charge < -0.3 is 20.1 Å². The number of fused-ring (bicyclic) bond motifs is 1. The molecule has 1 amide bonds. The molecule has 6 heteroatoms. The lowest BCUT2D eigenvalue weighted by Gasteiger charge is -2.21. The number of anilines is 1. The van der Waals surface area contributed by atoms with Crippen LogP contribution in [-0.4, -0.2) is 24.1 Å². The van der Waals surface area contributed by atoms with Crippen molar-refractivity contribution in [2.75, 3.05) is 19.1 Å². The van der Waals surface area contributed by atoms with Gasteiger partial charge in [0.2, 0.25) is 12.7 Å². The van der Waals surface area contributed by atoms with E-state index in [9.17, 15) is 4.79 Å². The minimum Gasteiger partial charge on any atom is -0.454 e. The molecule has 0 aliphatic carbocycles. The predicted octanol–water partition coefficient (Wildman–Crippen LogP) is 3.01. The number of benzene rings is 2. The van der Waals surface area contributed by atoms with E-state index in [2.05, 4.69) is 0 Å². The van der Waals surface area contributed by atoms with Crippen molar-refractivity contribution in [3.63, 3.8) is 0 Å². The largest absolute Gasteiger partial charge is 0.454 e. The van der Waals surface area contributed by atoms with E-state index in [1.54, 1.807) is 0 Å². The van der Waals surface area contributed by atoms with Crippen molar-refractivity contribution in [1.82, 2.24) is 4.90 Å². The molecular weight excluding hydrogens is 328 g/mol. The van der Waals surface area contributed by atoms with Crippen LogP contribution in [0.4, 0.5) is 5.69 Å². The SMILES string of the molecule is CCN(Cc1ccc2c(c1)OCO2)C(=O)Cc1ccc(N)cc1.Cl. The molecule has 2 aromatic rings. The zero-order valence-electron chi connectivity index (χ0n) is 13.5. The smallest absolute Gasteiger partial charge is 0.231 e. The van der Waals surface area contributed by atoms with E-state index >= 15 is 0 Å². The molecule has 3 rings (SSSR count). The summed E-state index contributed by atoms with van der Waals surface area (Å²) in [5, 5.41) is 0. The molecule has 24 heavy (non-hydrogen) atoms. The van der Waals surface area contributed by atoms with Crippen LogP contribution in [0.3, 0.4) is 0 Å². The van der Waals surface area contributed by atoms with E-state index in [0.29, 0.717) is 25.2 Å². The van der Waals surface area contributed by atoms with E-state index in [1.807, 2.05) is 54.3 Å². The van der Waals surface area contributed by atoms with Crippen LogP contribution in [0.25, 0.3) is 0 Å². The molecule has 0 atom stereocenters. The number of amides is 1. The highest BCUT2D eigenvalue weighted by molar-refractivity contribution is 5.85. The minimum absolute atomic E-state index is 0. The molecule has 5 nitrogen and oxygen atoms in total. The molecule has 0 fully saturated rings. The lowest BCUT2D eigenvalue weighted by atomic mass is 10.1. The van der Waals surface area contributed by atoms with Crippen LogP contribution in [0.2, 0.25) is 0 Å². The van der Waals surface area contributed by atoms with Gasteiger partial charge in [-0.2, -0.15) is 0 Å². The van der Waals surface area contributed by atoms with Crippen molar-refractivity contribution in [2.24, 2.45) is 0 Å². The van der Waals surface area contributed by atoms with Gasteiger partial charge in [0.15, 0.2) is 11.5 Å². The Morgan fingerprint density at radius 2 is 1.75 bits per heavy atom. The first-order chi connectivity index (χ1) is 11.2. The maximum absolute atomic E-state index is 12.5. The normalized spacial score (nSPS) is 11.7. The first-order valence-electron chi connectivity index (χ1n) is 7.66. The summed E-state index contributed by atoms with van der Waals surface area (Å²) in [5.74, 6) is 1.59. The Labute approximate surface area is 147 Å². The Morgan fingerprint density at radius 3 is 2.46 bits per heavy atom. The van der Waals surface area contributed by atoms with Gasteiger partial charge in [-0.25, -0.2) is 0 Å². The van der Waals surface area contributed by atoms with E-state index in [1.165, 1.54) is 0 Å². The topological polar surface area (TPSA) is 64.8 Å². The summed E-state index contributed by atoms with van der Waals surface area (Å²) >= 11 is 0. The Hall–Kier alpha value is -2.40. The highest BCUT2D eigenvalue weighted by atomic mass is 35.5. The molecule has 0 bridgehead atoms. The Morgan fingerprint density at radius 1 is 1.08 bits per heavy atom. The Kier molecular flexibility index (Phi) is 5.93. The highest BCUT2D eigenvalue weighted by Gasteiger charge is 2.16. The molecule has 1 aliphatic heterocycles. The third-order valence-corrected chi connectivity index (χ3v) is 3.88. The summed E-state index contributed by atoms with van der Waals surface area (Å²) in [7, 11) is 0. The first kappa shape index (κ1) is 17.9. The average molecular weight is 349 g/mol. The summed E-state index contributed by atoms with van der Waals surface area (Å²) in [4.78, 5) is 14.3. The van der Waals surface area contributed by atoms with Gasteiger partial charge in [-0.05, 0) is 42.3 Å². The molecule has 0 unspecified atom stereocenters. The molecule has 0 aromatic heterocycles. The van der Waals surface area contributed by atoms with Crippen LogP contribution in [-0.2, 0) is 17.8 Å². The molecule has 0 saturated carbocycles. The van der Waals surface area contributed by atoms with Gasteiger partial charge in [-0.15, -0.1) is 12.4 Å². The standard InChI is InChI=1S/C18H20N2O3.ClH/c1-2-20(18(21)10-13-3-6-15(19)7-4-13)11-14-5-8-16-17(9-14)23-12-22-16;/h3-9H,2,10-12,19H2,1H3;1H. The van der Waals surface area contributed by atoms with E-state index < -0.39 is 0 Å². The summed E-state index contributed by atoms with van der Waals surface area (Å²) in [6.07, 6.45) is 0.374. The molecule has 2 N–H and O–H groups in total. The van der Waals surface area contributed by atoms with Crippen molar-refractivity contribution in [2.45, 2.75) is 19.9 Å². The second kappa shape index (κ2) is 7.93. The number of carbonyl (C=O) groups is 1. The number of hydrogen-bond acceptors (Lipinski definition) is 4. The maximum atomic E-state index is 12.5. The van der Waals surface area contributed by atoms with Crippen molar-refractivity contribution in [1.29, 1.82) is 0 Å². The zero-order valence-corrected chi connectivity index (χ0v) is 14.3.